The van der Waals surface area contributed by atoms with Crippen LogP contribution in [-0.2, 0) is 12.7 Å². The Kier molecular flexibility index (Phi) is 3.95. The summed E-state index contributed by atoms with van der Waals surface area (Å²) in [4.78, 5) is 6.70. The monoisotopic (exact) mass is 298 g/mol. The van der Waals surface area contributed by atoms with Crippen molar-refractivity contribution in [2.45, 2.75) is 51.2 Å². The Hall–Kier alpha value is -1.10. The highest BCUT2D eigenvalue weighted by Crippen LogP contribution is 2.41. The third-order valence-corrected chi connectivity index (χ3v) is 4.48. The van der Waals surface area contributed by atoms with Crippen LogP contribution in [0, 0.1) is 5.92 Å². The molecular weight excluding hydrogens is 277 g/mol. The van der Waals surface area contributed by atoms with Crippen LogP contribution in [0.25, 0.3) is 0 Å². The lowest BCUT2D eigenvalue weighted by atomic mass is 9.99. The quantitative estimate of drug-likeness (QED) is 0.831. The molecule has 0 bridgehead atoms. The highest BCUT2D eigenvalue weighted by molar-refractivity contribution is 5.28. The van der Waals surface area contributed by atoms with E-state index in [1.54, 1.807) is 0 Å². The fourth-order valence-electron chi connectivity index (χ4n) is 2.89. The molecule has 0 atom stereocenters. The van der Waals surface area contributed by atoms with Gasteiger partial charge in [0.15, 0.2) is 0 Å². The van der Waals surface area contributed by atoms with Gasteiger partial charge in [0, 0.05) is 18.2 Å². The maximum Gasteiger partial charge on any atom is 0.416 e. The van der Waals surface area contributed by atoms with Crippen molar-refractivity contribution in [3.63, 3.8) is 0 Å². The molecule has 1 aromatic heterocycles. The fourth-order valence-corrected chi connectivity index (χ4v) is 2.89. The zero-order chi connectivity index (χ0) is 15.0. The Morgan fingerprint density at radius 3 is 2.38 bits per heavy atom. The van der Waals surface area contributed by atoms with Crippen molar-refractivity contribution in [1.29, 1.82) is 0 Å². The molecule has 3 rings (SSSR count). The number of hydrogen-bond acceptors (Lipinski definition) is 2. The number of piperidine rings is 1. The molecule has 1 saturated carbocycles. The van der Waals surface area contributed by atoms with Gasteiger partial charge in [-0.2, -0.15) is 13.2 Å². The second-order valence-corrected chi connectivity index (χ2v) is 6.50. The van der Waals surface area contributed by atoms with Gasteiger partial charge in [-0.3, -0.25) is 9.88 Å². The first-order chi connectivity index (χ1) is 9.91. The van der Waals surface area contributed by atoms with Gasteiger partial charge < -0.3 is 0 Å². The van der Waals surface area contributed by atoms with E-state index >= 15 is 0 Å². The summed E-state index contributed by atoms with van der Waals surface area (Å²) in [5.74, 6) is 0.963. The minimum absolute atomic E-state index is 0.243. The lowest BCUT2D eigenvalue weighted by molar-refractivity contribution is -0.137. The van der Waals surface area contributed by atoms with E-state index in [9.17, 15) is 13.2 Å². The standard InChI is InChI=1S/C16H21F3N2/c1-11-4-6-21(7-5-11)10-14-8-13(16(17,18)19)9-15(20-14)12-2-3-12/h8-9,11-12H,2-7,10H2,1H3. The molecule has 2 aliphatic rings. The van der Waals surface area contributed by atoms with Crippen LogP contribution in [-0.4, -0.2) is 23.0 Å². The van der Waals surface area contributed by atoms with E-state index in [0.717, 1.165) is 44.7 Å². The van der Waals surface area contributed by atoms with Gasteiger partial charge in [0.1, 0.15) is 0 Å². The van der Waals surface area contributed by atoms with Crippen LogP contribution < -0.4 is 0 Å². The van der Waals surface area contributed by atoms with Gasteiger partial charge in [0.25, 0.3) is 0 Å². The summed E-state index contributed by atoms with van der Waals surface area (Å²) in [7, 11) is 0. The summed E-state index contributed by atoms with van der Waals surface area (Å²) in [5, 5.41) is 0. The third-order valence-electron chi connectivity index (χ3n) is 4.48. The van der Waals surface area contributed by atoms with Gasteiger partial charge >= 0.3 is 6.18 Å². The molecule has 1 aliphatic heterocycles. The van der Waals surface area contributed by atoms with Crippen molar-refractivity contribution in [2.24, 2.45) is 5.92 Å². The van der Waals surface area contributed by atoms with Crippen molar-refractivity contribution in [1.82, 2.24) is 9.88 Å². The van der Waals surface area contributed by atoms with E-state index in [2.05, 4.69) is 16.8 Å². The Bertz CT molecular complexity index is 501. The van der Waals surface area contributed by atoms with Crippen molar-refractivity contribution < 1.29 is 13.2 Å². The normalized spacial score (nSPS) is 21.7. The molecule has 5 heteroatoms. The highest BCUT2D eigenvalue weighted by Gasteiger charge is 2.34. The van der Waals surface area contributed by atoms with Crippen LogP contribution in [0.1, 0.15) is 55.5 Å². The van der Waals surface area contributed by atoms with Crippen LogP contribution in [0.5, 0.6) is 0 Å². The second-order valence-electron chi connectivity index (χ2n) is 6.50. The molecule has 0 amide bonds. The zero-order valence-electron chi connectivity index (χ0n) is 12.3. The molecule has 2 fully saturated rings. The summed E-state index contributed by atoms with van der Waals surface area (Å²) in [5.41, 5.74) is 0.659. The summed E-state index contributed by atoms with van der Waals surface area (Å²) >= 11 is 0. The van der Waals surface area contributed by atoms with Gasteiger partial charge in [-0.25, -0.2) is 0 Å². The van der Waals surface area contributed by atoms with E-state index in [1.165, 1.54) is 12.1 Å². The molecule has 2 heterocycles. The molecule has 116 valence electrons. The van der Waals surface area contributed by atoms with E-state index < -0.39 is 11.7 Å². The minimum Gasteiger partial charge on any atom is -0.297 e. The van der Waals surface area contributed by atoms with E-state index in [4.69, 9.17) is 0 Å². The lowest BCUT2D eigenvalue weighted by Crippen LogP contribution is -2.32. The number of likely N-dealkylation sites (tertiary alicyclic amines) is 1. The lowest BCUT2D eigenvalue weighted by Gasteiger charge is -2.30. The van der Waals surface area contributed by atoms with E-state index in [-0.39, 0.29) is 5.92 Å². The van der Waals surface area contributed by atoms with Crippen molar-refractivity contribution in [3.8, 4) is 0 Å². The Morgan fingerprint density at radius 1 is 1.14 bits per heavy atom. The van der Waals surface area contributed by atoms with Crippen LogP contribution in [0.3, 0.4) is 0 Å². The predicted molar refractivity (Wildman–Crippen MR) is 74.9 cm³/mol. The molecule has 0 N–H and O–H groups in total. The predicted octanol–water partition coefficient (Wildman–Crippen LogP) is 4.21. The summed E-state index contributed by atoms with van der Waals surface area (Å²) in [6.45, 7) is 4.68. The maximum atomic E-state index is 13.0. The van der Waals surface area contributed by atoms with Crippen LogP contribution in [0.15, 0.2) is 12.1 Å². The first-order valence-electron chi connectivity index (χ1n) is 7.72. The summed E-state index contributed by atoms with van der Waals surface area (Å²) in [6, 6.07) is 2.46. The number of rotatable bonds is 3. The number of aromatic nitrogens is 1. The third kappa shape index (κ3) is 3.76. The molecule has 0 radical (unpaired) electrons. The van der Waals surface area contributed by atoms with Gasteiger partial charge in [-0.1, -0.05) is 6.92 Å². The first-order valence-corrected chi connectivity index (χ1v) is 7.72. The number of alkyl halides is 3. The molecular formula is C16H21F3N2. The van der Waals surface area contributed by atoms with Crippen LogP contribution >= 0.6 is 0 Å². The Labute approximate surface area is 123 Å². The van der Waals surface area contributed by atoms with Gasteiger partial charge in [0.05, 0.1) is 11.3 Å². The van der Waals surface area contributed by atoms with Crippen LogP contribution in [0.2, 0.25) is 0 Å². The average Bonchev–Trinajstić information content (AvgIpc) is 3.24. The average molecular weight is 298 g/mol. The molecule has 2 nitrogen and oxygen atoms in total. The highest BCUT2D eigenvalue weighted by atomic mass is 19.4. The van der Waals surface area contributed by atoms with Crippen molar-refractivity contribution >= 4 is 0 Å². The summed E-state index contributed by atoms with van der Waals surface area (Å²) < 4.78 is 39.1. The molecule has 1 saturated heterocycles. The molecule has 1 aliphatic carbocycles. The number of pyridine rings is 1. The van der Waals surface area contributed by atoms with E-state index in [1.807, 2.05) is 0 Å². The Morgan fingerprint density at radius 2 is 1.81 bits per heavy atom. The summed E-state index contributed by atoms with van der Waals surface area (Å²) in [6.07, 6.45) is -0.107. The number of halogens is 3. The first kappa shape index (κ1) is 14.8. The van der Waals surface area contributed by atoms with Gasteiger partial charge in [-0.15, -0.1) is 0 Å². The fraction of sp³-hybridized carbons (Fsp3) is 0.688. The van der Waals surface area contributed by atoms with Crippen LogP contribution in [0.4, 0.5) is 13.2 Å². The Balaban J connectivity index is 1.78. The zero-order valence-corrected chi connectivity index (χ0v) is 12.3. The minimum atomic E-state index is -4.28. The van der Waals surface area contributed by atoms with Gasteiger partial charge in [-0.05, 0) is 56.8 Å². The number of nitrogens with zero attached hydrogens (tertiary/aromatic N) is 2. The smallest absolute Gasteiger partial charge is 0.297 e. The van der Waals surface area contributed by atoms with Gasteiger partial charge in [0.2, 0.25) is 0 Å². The van der Waals surface area contributed by atoms with Crippen molar-refractivity contribution in [2.75, 3.05) is 13.1 Å². The SMILES string of the molecule is CC1CCN(Cc2cc(C(F)(F)F)cc(C3CC3)n2)CC1. The molecule has 0 aromatic carbocycles. The van der Waals surface area contributed by atoms with E-state index in [0.29, 0.717) is 17.9 Å². The molecule has 0 unspecified atom stereocenters. The number of hydrogen-bond donors (Lipinski definition) is 0. The topological polar surface area (TPSA) is 16.1 Å². The molecule has 1 aromatic rings. The molecule has 21 heavy (non-hydrogen) atoms. The molecule has 0 spiro atoms. The second kappa shape index (κ2) is 5.59. The van der Waals surface area contributed by atoms with Crippen molar-refractivity contribution in [3.05, 3.63) is 29.1 Å². The largest absolute Gasteiger partial charge is 0.416 e. The maximum absolute atomic E-state index is 13.0.